The van der Waals surface area contributed by atoms with Gasteiger partial charge in [0, 0.05) is 29.8 Å². The molecule has 4 amide bonds. The molecule has 178 valence electrons. The lowest BCUT2D eigenvalue weighted by atomic mass is 10.0. The van der Waals surface area contributed by atoms with Crippen molar-refractivity contribution >= 4 is 51.8 Å². The number of esters is 1. The van der Waals surface area contributed by atoms with Gasteiger partial charge < -0.3 is 19.7 Å². The predicted octanol–water partition coefficient (Wildman–Crippen LogP) is 2.96. The van der Waals surface area contributed by atoms with Crippen molar-refractivity contribution in [3.05, 3.63) is 45.8 Å². The van der Waals surface area contributed by atoms with E-state index in [0.29, 0.717) is 34.8 Å². The van der Waals surface area contributed by atoms with Gasteiger partial charge in [-0.25, -0.2) is 9.59 Å². The summed E-state index contributed by atoms with van der Waals surface area (Å²) >= 11 is 1.22. The van der Waals surface area contributed by atoms with Crippen molar-refractivity contribution in [3.63, 3.8) is 0 Å². The first-order valence-electron chi connectivity index (χ1n) is 10.8. The average Bonchev–Trinajstić information content (AvgIpc) is 3.36. The van der Waals surface area contributed by atoms with Gasteiger partial charge in [-0.1, -0.05) is 0 Å². The number of thiophene rings is 1. The van der Waals surface area contributed by atoms with Gasteiger partial charge in [0.2, 0.25) is 11.8 Å². The van der Waals surface area contributed by atoms with Gasteiger partial charge >= 0.3 is 12.1 Å². The fourth-order valence-electron chi connectivity index (χ4n) is 4.00. The number of carbonyl (C=O) groups excluding carboxylic acids is 5. The monoisotopic (exact) mass is 485 g/mol. The molecule has 3 heterocycles. The minimum Gasteiger partial charge on any atom is -0.462 e. The molecule has 2 aliphatic rings. The molecule has 1 aromatic carbocycles. The van der Waals surface area contributed by atoms with E-state index in [9.17, 15) is 24.0 Å². The second-order valence-electron chi connectivity index (χ2n) is 7.69. The number of imide groups is 1. The fourth-order valence-corrected chi connectivity index (χ4v) is 5.24. The van der Waals surface area contributed by atoms with Crippen LogP contribution >= 0.6 is 11.3 Å². The van der Waals surface area contributed by atoms with E-state index in [1.165, 1.54) is 47.6 Å². The molecule has 0 atom stereocenters. The summed E-state index contributed by atoms with van der Waals surface area (Å²) in [5, 5.41) is 3.13. The van der Waals surface area contributed by atoms with Crippen LogP contribution in [-0.4, -0.2) is 54.9 Å². The molecule has 0 unspecified atom stereocenters. The zero-order valence-electron chi connectivity index (χ0n) is 18.7. The summed E-state index contributed by atoms with van der Waals surface area (Å²) in [7, 11) is 1.31. The summed E-state index contributed by atoms with van der Waals surface area (Å²) in [5.41, 5.74) is 1.75. The molecular weight excluding hydrogens is 462 g/mol. The number of nitrogens with zero attached hydrogens (tertiary/aromatic N) is 2. The maximum atomic E-state index is 13.0. The molecule has 4 rings (SSSR count). The third-order valence-corrected chi connectivity index (χ3v) is 6.77. The van der Waals surface area contributed by atoms with Crippen molar-refractivity contribution in [2.75, 3.05) is 30.5 Å². The number of nitrogens with one attached hydrogen (secondary N) is 1. The number of fused-ring (bicyclic) bond motifs is 1. The zero-order valence-corrected chi connectivity index (χ0v) is 19.5. The molecule has 0 saturated carbocycles. The average molecular weight is 486 g/mol. The van der Waals surface area contributed by atoms with Crippen LogP contribution in [0, 0.1) is 0 Å². The lowest BCUT2D eigenvalue weighted by Gasteiger charge is -2.25. The number of methoxy groups -OCH3 is 1. The normalized spacial score (nSPS) is 15.2. The van der Waals surface area contributed by atoms with E-state index in [4.69, 9.17) is 9.47 Å². The quantitative estimate of drug-likeness (QED) is 0.510. The topological polar surface area (TPSA) is 122 Å². The van der Waals surface area contributed by atoms with Crippen molar-refractivity contribution in [1.82, 2.24) is 4.90 Å². The standard InChI is InChI=1S/C23H23N3O7S/c1-3-33-22(30)19-15-10-11-25(23(31)32-2)12-16(15)34-21(19)24-20(29)13-4-6-14(7-5-13)26-17(27)8-9-18(26)28/h4-7H,3,8-12H2,1-2H3,(H,24,29). The van der Waals surface area contributed by atoms with Crippen LogP contribution < -0.4 is 10.2 Å². The van der Waals surface area contributed by atoms with Crippen LogP contribution in [0.5, 0.6) is 0 Å². The number of hydrogen-bond acceptors (Lipinski definition) is 8. The van der Waals surface area contributed by atoms with Crippen molar-refractivity contribution in [2.24, 2.45) is 0 Å². The van der Waals surface area contributed by atoms with E-state index >= 15 is 0 Å². The molecule has 1 aromatic heterocycles. The molecule has 1 saturated heterocycles. The van der Waals surface area contributed by atoms with E-state index in [-0.39, 0.29) is 37.8 Å². The second-order valence-corrected chi connectivity index (χ2v) is 8.80. The lowest BCUT2D eigenvalue weighted by Crippen LogP contribution is -2.35. The highest BCUT2D eigenvalue weighted by atomic mass is 32.1. The van der Waals surface area contributed by atoms with Crippen molar-refractivity contribution < 1.29 is 33.4 Å². The van der Waals surface area contributed by atoms with E-state index < -0.39 is 18.0 Å². The van der Waals surface area contributed by atoms with Crippen LogP contribution in [0.2, 0.25) is 0 Å². The Hall–Kier alpha value is -3.73. The SMILES string of the molecule is CCOC(=O)c1c(NC(=O)c2ccc(N3C(=O)CCC3=O)cc2)sc2c1CCN(C(=O)OC)C2. The van der Waals surface area contributed by atoms with Gasteiger partial charge in [0.1, 0.15) is 5.00 Å². The molecule has 2 aromatic rings. The highest BCUT2D eigenvalue weighted by Crippen LogP contribution is 2.38. The van der Waals surface area contributed by atoms with E-state index in [2.05, 4.69) is 5.32 Å². The second kappa shape index (κ2) is 9.64. The number of rotatable bonds is 5. The molecule has 34 heavy (non-hydrogen) atoms. The number of hydrogen-bond donors (Lipinski definition) is 1. The number of anilines is 2. The van der Waals surface area contributed by atoms with Gasteiger partial charge in [-0.15, -0.1) is 11.3 Å². The largest absolute Gasteiger partial charge is 0.462 e. The number of benzene rings is 1. The van der Waals surface area contributed by atoms with Crippen LogP contribution in [-0.2, 0) is 32.0 Å². The number of carbonyl (C=O) groups is 5. The van der Waals surface area contributed by atoms with E-state index in [1.807, 2.05) is 0 Å². The van der Waals surface area contributed by atoms with Crippen molar-refractivity contribution in [1.29, 1.82) is 0 Å². The van der Waals surface area contributed by atoms with Crippen LogP contribution in [0.15, 0.2) is 24.3 Å². The Morgan fingerprint density at radius 2 is 1.74 bits per heavy atom. The maximum Gasteiger partial charge on any atom is 0.409 e. The van der Waals surface area contributed by atoms with Crippen LogP contribution in [0.1, 0.15) is 50.9 Å². The molecule has 11 heteroatoms. The summed E-state index contributed by atoms with van der Waals surface area (Å²) < 4.78 is 10.0. The summed E-state index contributed by atoms with van der Waals surface area (Å²) in [6.45, 7) is 2.53. The Labute approximate surface area is 199 Å². The van der Waals surface area contributed by atoms with Gasteiger partial charge in [0.25, 0.3) is 5.91 Å². The Morgan fingerprint density at radius 3 is 2.35 bits per heavy atom. The zero-order chi connectivity index (χ0) is 24.4. The maximum absolute atomic E-state index is 13.0. The molecule has 2 aliphatic heterocycles. The first-order chi connectivity index (χ1) is 16.3. The molecule has 10 nitrogen and oxygen atoms in total. The van der Waals surface area contributed by atoms with Gasteiger partial charge in [-0.3, -0.25) is 19.3 Å². The first kappa shape index (κ1) is 23.4. The molecule has 0 bridgehead atoms. The Kier molecular flexibility index (Phi) is 6.64. The molecule has 1 fully saturated rings. The number of amides is 4. The lowest BCUT2D eigenvalue weighted by molar-refractivity contribution is -0.121. The smallest absolute Gasteiger partial charge is 0.409 e. The van der Waals surface area contributed by atoms with Gasteiger partial charge in [0.05, 0.1) is 31.5 Å². The Balaban J connectivity index is 1.58. The summed E-state index contributed by atoms with van der Waals surface area (Å²) in [6, 6.07) is 6.10. The van der Waals surface area contributed by atoms with Gasteiger partial charge in [-0.05, 0) is 43.2 Å². The predicted molar refractivity (Wildman–Crippen MR) is 123 cm³/mol. The first-order valence-corrected chi connectivity index (χ1v) is 11.6. The minimum atomic E-state index is -0.539. The van der Waals surface area contributed by atoms with Crippen LogP contribution in [0.4, 0.5) is 15.5 Å². The molecule has 0 aliphatic carbocycles. The summed E-state index contributed by atoms with van der Waals surface area (Å²) in [6.07, 6.45) is 0.317. The van der Waals surface area contributed by atoms with Gasteiger partial charge in [-0.2, -0.15) is 0 Å². The number of ether oxygens (including phenoxy) is 2. The Morgan fingerprint density at radius 1 is 1.06 bits per heavy atom. The fraction of sp³-hybridized carbons (Fsp3) is 0.348. The summed E-state index contributed by atoms with van der Waals surface area (Å²) in [5.74, 6) is -1.54. The highest BCUT2D eigenvalue weighted by Gasteiger charge is 2.32. The Bertz CT molecular complexity index is 1160. The third-order valence-electron chi connectivity index (χ3n) is 5.64. The molecule has 0 radical (unpaired) electrons. The summed E-state index contributed by atoms with van der Waals surface area (Å²) in [4.78, 5) is 64.9. The third kappa shape index (κ3) is 4.38. The van der Waals surface area contributed by atoms with Crippen LogP contribution in [0.3, 0.4) is 0 Å². The van der Waals surface area contributed by atoms with Gasteiger partial charge in [0.15, 0.2) is 0 Å². The molecular formula is C23H23N3O7S. The van der Waals surface area contributed by atoms with Crippen molar-refractivity contribution in [2.45, 2.75) is 32.7 Å². The van der Waals surface area contributed by atoms with E-state index in [0.717, 1.165) is 15.3 Å². The molecule has 1 N–H and O–H groups in total. The van der Waals surface area contributed by atoms with E-state index in [1.54, 1.807) is 6.92 Å². The minimum absolute atomic E-state index is 0.175. The highest BCUT2D eigenvalue weighted by molar-refractivity contribution is 7.17. The molecule has 0 spiro atoms. The van der Waals surface area contributed by atoms with Crippen molar-refractivity contribution in [3.8, 4) is 0 Å². The van der Waals surface area contributed by atoms with Crippen LogP contribution in [0.25, 0.3) is 0 Å².